The van der Waals surface area contributed by atoms with Crippen LogP contribution in [0.15, 0.2) is 35.4 Å². The molecule has 2 fully saturated rings. The molecule has 2 saturated heterocycles. The van der Waals surface area contributed by atoms with Crippen LogP contribution in [-0.2, 0) is 25.0 Å². The number of aryl methyl sites for hydroxylation is 1. The van der Waals surface area contributed by atoms with Crippen molar-refractivity contribution in [2.75, 3.05) is 39.3 Å². The molecule has 0 N–H and O–H groups in total. The van der Waals surface area contributed by atoms with E-state index in [-0.39, 0.29) is 43.3 Å². The normalized spacial score (nSPS) is 25.1. The van der Waals surface area contributed by atoms with Gasteiger partial charge in [0.1, 0.15) is 4.90 Å². The fourth-order valence-electron chi connectivity index (χ4n) is 4.21. The third-order valence-corrected chi connectivity index (χ3v) is 9.56. The quantitative estimate of drug-likeness (QED) is 0.669. The first kappa shape index (κ1) is 22.6. The van der Waals surface area contributed by atoms with Gasteiger partial charge in [-0.25, -0.2) is 8.42 Å². The van der Waals surface area contributed by atoms with E-state index in [1.54, 1.807) is 18.3 Å². The van der Waals surface area contributed by atoms with Gasteiger partial charge in [-0.1, -0.05) is 12.1 Å². The van der Waals surface area contributed by atoms with Crippen LogP contribution in [0.5, 0.6) is 0 Å². The number of sulfonamides is 1. The molecule has 0 bridgehead atoms. The summed E-state index contributed by atoms with van der Waals surface area (Å²) >= 11 is 0. The molecule has 2 unspecified atom stereocenters. The van der Waals surface area contributed by atoms with Crippen molar-refractivity contribution in [1.29, 1.82) is 0 Å². The molecule has 11 heteroatoms. The van der Waals surface area contributed by atoms with Crippen molar-refractivity contribution < 1.29 is 21.6 Å². The Balaban J connectivity index is 1.52. The highest BCUT2D eigenvalue weighted by molar-refractivity contribution is 7.89. The van der Waals surface area contributed by atoms with E-state index < -0.39 is 20.2 Å². The lowest BCUT2D eigenvalue weighted by Gasteiger charge is -2.40. The predicted octanol–water partition coefficient (Wildman–Crippen LogP) is 1.20. The van der Waals surface area contributed by atoms with Crippen molar-refractivity contribution >= 4 is 31.1 Å². The van der Waals surface area contributed by atoms with Crippen molar-refractivity contribution in [1.82, 2.24) is 17.9 Å². The van der Waals surface area contributed by atoms with Crippen LogP contribution < -0.4 is 0 Å². The van der Waals surface area contributed by atoms with Gasteiger partial charge in [-0.15, -0.1) is 0 Å². The molecule has 0 radical (unpaired) electrons. The third-order valence-electron chi connectivity index (χ3n) is 5.66. The Morgan fingerprint density at radius 2 is 1.55 bits per heavy atom. The zero-order valence-corrected chi connectivity index (χ0v) is 19.6. The minimum atomic E-state index is -3.80. The first-order valence-electron chi connectivity index (χ1n) is 10.4. The number of rotatable bonds is 4. The van der Waals surface area contributed by atoms with Crippen LogP contribution in [0.25, 0.3) is 10.9 Å². The fraction of sp³-hybridized carbons (Fsp3) is 0.550. The smallest absolute Gasteiger partial charge is 0.282 e. The lowest BCUT2D eigenvalue weighted by atomic mass is 10.2. The summed E-state index contributed by atoms with van der Waals surface area (Å²) < 4.78 is 62.6. The molecule has 1 aromatic heterocycles. The van der Waals surface area contributed by atoms with E-state index >= 15 is 0 Å². The van der Waals surface area contributed by atoms with E-state index in [2.05, 4.69) is 4.98 Å². The summed E-state index contributed by atoms with van der Waals surface area (Å²) in [6.07, 6.45) is 1.29. The van der Waals surface area contributed by atoms with Gasteiger partial charge in [0.2, 0.25) is 10.0 Å². The van der Waals surface area contributed by atoms with E-state index in [4.69, 9.17) is 4.74 Å². The minimum absolute atomic E-state index is 0.0965. The fourth-order valence-corrected chi connectivity index (χ4v) is 7.55. The second kappa shape index (κ2) is 8.38. The van der Waals surface area contributed by atoms with Crippen molar-refractivity contribution in [2.24, 2.45) is 0 Å². The van der Waals surface area contributed by atoms with Gasteiger partial charge in [0.15, 0.2) is 0 Å². The molecule has 0 aliphatic carbocycles. The van der Waals surface area contributed by atoms with Gasteiger partial charge in [0.25, 0.3) is 10.2 Å². The first-order chi connectivity index (χ1) is 14.6. The number of para-hydroxylation sites is 1. The SMILES string of the molecule is Cc1cnc2c(S(=O)(=O)N3CCN(S(=O)(=O)N4CC(C)OC(C)C4)CC3)cccc2c1. The Hall–Kier alpha value is -1.63. The molecule has 31 heavy (non-hydrogen) atoms. The molecule has 1 aromatic carbocycles. The van der Waals surface area contributed by atoms with Gasteiger partial charge in [0, 0.05) is 50.9 Å². The Morgan fingerprint density at radius 1 is 0.935 bits per heavy atom. The number of benzene rings is 1. The molecule has 0 amide bonds. The van der Waals surface area contributed by atoms with E-state index in [1.807, 2.05) is 32.9 Å². The van der Waals surface area contributed by atoms with Crippen molar-refractivity contribution in [3.63, 3.8) is 0 Å². The average molecular weight is 469 g/mol. The molecule has 9 nitrogen and oxygen atoms in total. The number of aromatic nitrogens is 1. The van der Waals surface area contributed by atoms with Crippen LogP contribution >= 0.6 is 0 Å². The molecule has 170 valence electrons. The maximum absolute atomic E-state index is 13.3. The summed E-state index contributed by atoms with van der Waals surface area (Å²) in [5, 5.41) is 0.762. The van der Waals surface area contributed by atoms with Crippen molar-refractivity contribution in [3.05, 3.63) is 36.0 Å². The number of fused-ring (bicyclic) bond motifs is 1. The highest BCUT2D eigenvalue weighted by Crippen LogP contribution is 2.26. The zero-order valence-electron chi connectivity index (χ0n) is 17.9. The summed E-state index contributed by atoms with van der Waals surface area (Å²) in [6.45, 7) is 6.61. The standard InChI is InChI=1S/C20H28N4O5S2/c1-15-11-18-5-4-6-19(20(18)21-12-15)30(25,26)22-7-9-23(10-8-22)31(27,28)24-13-16(2)29-17(3)14-24/h4-6,11-12,16-17H,7-10,13-14H2,1-3H3. The van der Waals surface area contributed by atoms with Crippen LogP contribution in [0.3, 0.4) is 0 Å². The maximum atomic E-state index is 13.3. The highest BCUT2D eigenvalue weighted by Gasteiger charge is 2.39. The first-order valence-corrected chi connectivity index (χ1v) is 13.2. The number of piperazine rings is 1. The van der Waals surface area contributed by atoms with Crippen molar-refractivity contribution in [3.8, 4) is 0 Å². The second-order valence-electron chi connectivity index (χ2n) is 8.23. The molecule has 0 spiro atoms. The molecule has 2 atom stereocenters. The summed E-state index contributed by atoms with van der Waals surface area (Å²) in [4.78, 5) is 4.49. The molecule has 0 saturated carbocycles. The maximum Gasteiger partial charge on any atom is 0.282 e. The van der Waals surface area contributed by atoms with Crippen LogP contribution in [0.4, 0.5) is 0 Å². The topological polar surface area (TPSA) is 100 Å². The summed E-state index contributed by atoms with van der Waals surface area (Å²) in [5.41, 5.74) is 1.38. The number of morpholine rings is 1. The van der Waals surface area contributed by atoms with Crippen LogP contribution in [0.2, 0.25) is 0 Å². The van der Waals surface area contributed by atoms with E-state index in [0.29, 0.717) is 18.6 Å². The predicted molar refractivity (Wildman–Crippen MR) is 117 cm³/mol. The lowest BCUT2D eigenvalue weighted by molar-refractivity contribution is -0.0456. The number of nitrogens with zero attached hydrogens (tertiary/aromatic N) is 4. The Bertz CT molecular complexity index is 1170. The molecule has 2 aliphatic rings. The Kier molecular flexibility index (Phi) is 6.10. The number of hydrogen-bond acceptors (Lipinski definition) is 6. The minimum Gasteiger partial charge on any atom is -0.373 e. The molecule has 2 aliphatic heterocycles. The van der Waals surface area contributed by atoms with Gasteiger partial charge < -0.3 is 4.74 Å². The average Bonchev–Trinajstić information content (AvgIpc) is 2.72. The lowest BCUT2D eigenvalue weighted by Crippen LogP contribution is -2.57. The van der Waals surface area contributed by atoms with Gasteiger partial charge in [-0.05, 0) is 38.5 Å². The monoisotopic (exact) mass is 468 g/mol. The summed E-state index contributed by atoms with van der Waals surface area (Å²) in [5.74, 6) is 0. The number of ether oxygens (including phenoxy) is 1. The van der Waals surface area contributed by atoms with Gasteiger partial charge in [0.05, 0.1) is 17.7 Å². The van der Waals surface area contributed by atoms with Crippen molar-refractivity contribution in [2.45, 2.75) is 37.9 Å². The van der Waals surface area contributed by atoms with Crippen LogP contribution in [0, 0.1) is 6.92 Å². The Labute approximate surface area is 183 Å². The Morgan fingerprint density at radius 3 is 2.19 bits per heavy atom. The molecular weight excluding hydrogens is 440 g/mol. The summed E-state index contributed by atoms with van der Waals surface area (Å²) in [6, 6.07) is 7.00. The molecule has 3 heterocycles. The number of hydrogen-bond donors (Lipinski definition) is 0. The molecule has 4 rings (SSSR count). The van der Waals surface area contributed by atoms with Gasteiger partial charge in [-0.2, -0.15) is 21.3 Å². The van der Waals surface area contributed by atoms with E-state index in [1.165, 1.54) is 12.9 Å². The highest BCUT2D eigenvalue weighted by atomic mass is 32.2. The van der Waals surface area contributed by atoms with Gasteiger partial charge >= 0.3 is 0 Å². The summed E-state index contributed by atoms with van der Waals surface area (Å²) in [7, 11) is -7.47. The molecule has 2 aromatic rings. The van der Waals surface area contributed by atoms with E-state index in [9.17, 15) is 16.8 Å². The largest absolute Gasteiger partial charge is 0.373 e. The number of pyridine rings is 1. The van der Waals surface area contributed by atoms with Crippen LogP contribution in [0.1, 0.15) is 19.4 Å². The van der Waals surface area contributed by atoms with Gasteiger partial charge in [-0.3, -0.25) is 4.98 Å². The zero-order chi connectivity index (χ0) is 22.4. The van der Waals surface area contributed by atoms with E-state index in [0.717, 1.165) is 10.9 Å². The van der Waals surface area contributed by atoms with Crippen LogP contribution in [-0.4, -0.2) is 86.2 Å². The third kappa shape index (κ3) is 4.35. The second-order valence-corrected chi connectivity index (χ2v) is 12.1. The molecular formula is C20H28N4O5S2.